The van der Waals surface area contributed by atoms with E-state index in [0.29, 0.717) is 40.4 Å². The molecule has 0 unspecified atom stereocenters. The third kappa shape index (κ3) is 2.69. The Bertz CT molecular complexity index is 1280. The van der Waals surface area contributed by atoms with E-state index in [1.807, 2.05) is 54.1 Å². The number of H-pyrrole nitrogens is 1. The van der Waals surface area contributed by atoms with Crippen LogP contribution < -0.4 is 10.9 Å². The monoisotopic (exact) mass is 372 g/mol. The van der Waals surface area contributed by atoms with E-state index in [1.165, 1.54) is 12.8 Å². The lowest BCUT2D eigenvalue weighted by Gasteiger charge is -2.09. The van der Waals surface area contributed by atoms with E-state index in [1.54, 1.807) is 6.07 Å². The van der Waals surface area contributed by atoms with Gasteiger partial charge in [0.1, 0.15) is 11.5 Å². The summed E-state index contributed by atoms with van der Waals surface area (Å²) in [5, 5.41) is 4.47. The first-order chi connectivity index (χ1) is 13.6. The molecule has 0 saturated heterocycles. The van der Waals surface area contributed by atoms with Crippen molar-refractivity contribution in [3.63, 3.8) is 0 Å². The number of benzene rings is 2. The van der Waals surface area contributed by atoms with Crippen molar-refractivity contribution in [2.45, 2.75) is 12.8 Å². The van der Waals surface area contributed by atoms with Gasteiger partial charge >= 0.3 is 0 Å². The zero-order valence-corrected chi connectivity index (χ0v) is 15.5. The SMILES string of the molecule is Cn1c(C(=O)NCC2CC2)c(-c2nc3ccccc3c(=O)[nH]2)c2ccccc21. The van der Waals surface area contributed by atoms with Crippen LogP contribution in [0.2, 0.25) is 0 Å². The van der Waals surface area contributed by atoms with Crippen LogP contribution in [0.3, 0.4) is 0 Å². The standard InChI is InChI=1S/C22H20N4O2/c1-26-17-9-5-3-7-15(17)18(19(26)22(28)23-12-13-10-11-13)20-24-16-8-4-2-6-14(16)21(27)25-20/h2-9,13H,10-12H2,1H3,(H,23,28)(H,24,25,27). The maximum atomic E-state index is 13.1. The number of carbonyl (C=O) groups excluding carboxylic acids is 1. The minimum Gasteiger partial charge on any atom is -0.350 e. The van der Waals surface area contributed by atoms with Crippen LogP contribution in [-0.4, -0.2) is 27.0 Å². The van der Waals surface area contributed by atoms with Gasteiger partial charge in [-0.05, 0) is 37.0 Å². The van der Waals surface area contributed by atoms with Crippen LogP contribution in [0.5, 0.6) is 0 Å². The summed E-state index contributed by atoms with van der Waals surface area (Å²) < 4.78 is 1.88. The molecule has 2 heterocycles. The molecule has 1 aliphatic carbocycles. The van der Waals surface area contributed by atoms with Gasteiger partial charge in [-0.25, -0.2) is 4.98 Å². The molecular weight excluding hydrogens is 352 g/mol. The molecule has 1 aliphatic rings. The number of nitrogens with zero attached hydrogens (tertiary/aromatic N) is 2. The molecule has 6 heteroatoms. The lowest BCUT2D eigenvalue weighted by molar-refractivity contribution is 0.0944. The molecule has 1 amide bonds. The molecule has 0 spiro atoms. The van der Waals surface area contributed by atoms with Crippen molar-refractivity contribution < 1.29 is 4.79 Å². The van der Waals surface area contributed by atoms with Gasteiger partial charge < -0.3 is 14.9 Å². The van der Waals surface area contributed by atoms with E-state index in [0.717, 1.165) is 10.9 Å². The minimum absolute atomic E-state index is 0.142. The van der Waals surface area contributed by atoms with Gasteiger partial charge in [0.25, 0.3) is 11.5 Å². The first kappa shape index (κ1) is 16.7. The highest BCUT2D eigenvalue weighted by molar-refractivity contribution is 6.09. The number of hydrogen-bond donors (Lipinski definition) is 2. The molecule has 5 rings (SSSR count). The number of para-hydroxylation sites is 2. The third-order valence-electron chi connectivity index (χ3n) is 5.42. The third-order valence-corrected chi connectivity index (χ3v) is 5.42. The van der Waals surface area contributed by atoms with E-state index < -0.39 is 0 Å². The highest BCUT2D eigenvalue weighted by Gasteiger charge is 2.26. The summed E-state index contributed by atoms with van der Waals surface area (Å²) in [5.41, 5.74) is 2.50. The molecule has 0 radical (unpaired) electrons. The van der Waals surface area contributed by atoms with Crippen molar-refractivity contribution in [1.29, 1.82) is 0 Å². The Labute approximate surface area is 161 Å². The van der Waals surface area contributed by atoms with Crippen LogP contribution in [0.1, 0.15) is 23.3 Å². The van der Waals surface area contributed by atoms with Crippen molar-refractivity contribution in [3.05, 3.63) is 64.6 Å². The number of rotatable bonds is 4. The first-order valence-corrected chi connectivity index (χ1v) is 9.48. The van der Waals surface area contributed by atoms with Crippen molar-refractivity contribution in [2.75, 3.05) is 6.54 Å². The Kier molecular flexibility index (Phi) is 3.79. The summed E-state index contributed by atoms with van der Waals surface area (Å²) in [5.74, 6) is 0.856. The van der Waals surface area contributed by atoms with E-state index >= 15 is 0 Å². The Morgan fingerprint density at radius 1 is 1.14 bits per heavy atom. The van der Waals surface area contributed by atoms with Crippen LogP contribution in [0.4, 0.5) is 0 Å². The molecule has 140 valence electrons. The predicted octanol–water partition coefficient (Wildman–Crippen LogP) is 3.22. The highest BCUT2D eigenvalue weighted by atomic mass is 16.2. The summed E-state index contributed by atoms with van der Waals surface area (Å²) >= 11 is 0. The van der Waals surface area contributed by atoms with Gasteiger partial charge in [-0.1, -0.05) is 30.3 Å². The molecule has 4 aromatic rings. The van der Waals surface area contributed by atoms with Crippen molar-refractivity contribution >= 4 is 27.7 Å². The normalized spacial score (nSPS) is 13.9. The zero-order valence-electron chi connectivity index (χ0n) is 15.5. The maximum Gasteiger partial charge on any atom is 0.268 e. The van der Waals surface area contributed by atoms with Crippen molar-refractivity contribution in [3.8, 4) is 11.4 Å². The molecule has 2 aromatic carbocycles. The minimum atomic E-state index is -0.210. The smallest absolute Gasteiger partial charge is 0.268 e. The van der Waals surface area contributed by atoms with Crippen LogP contribution in [0.25, 0.3) is 33.2 Å². The zero-order chi connectivity index (χ0) is 19.3. The number of aromatic amines is 1. The summed E-state index contributed by atoms with van der Waals surface area (Å²) in [7, 11) is 1.87. The average Bonchev–Trinajstić information content (AvgIpc) is 3.49. The summed E-state index contributed by atoms with van der Waals surface area (Å²) in [4.78, 5) is 33.2. The van der Waals surface area contributed by atoms with Gasteiger partial charge in [-0.15, -0.1) is 0 Å². The predicted molar refractivity (Wildman–Crippen MR) is 109 cm³/mol. The second-order valence-electron chi connectivity index (χ2n) is 7.38. The molecule has 1 saturated carbocycles. The summed E-state index contributed by atoms with van der Waals surface area (Å²) in [6, 6.07) is 15.0. The first-order valence-electron chi connectivity index (χ1n) is 9.48. The maximum absolute atomic E-state index is 13.1. The number of hydrogen-bond acceptors (Lipinski definition) is 3. The highest BCUT2D eigenvalue weighted by Crippen LogP contribution is 2.33. The fourth-order valence-corrected chi connectivity index (χ4v) is 3.75. The van der Waals surface area contributed by atoms with Gasteiger partial charge in [0.05, 0.1) is 16.5 Å². The summed E-state index contributed by atoms with van der Waals surface area (Å²) in [6.45, 7) is 0.682. The molecule has 2 aromatic heterocycles. The van der Waals surface area contributed by atoms with Crippen LogP contribution in [0.15, 0.2) is 53.3 Å². The van der Waals surface area contributed by atoms with Crippen LogP contribution in [0, 0.1) is 5.92 Å². The van der Waals surface area contributed by atoms with Gasteiger partial charge in [0.15, 0.2) is 0 Å². The van der Waals surface area contributed by atoms with E-state index in [9.17, 15) is 9.59 Å². The van der Waals surface area contributed by atoms with E-state index in [-0.39, 0.29) is 11.5 Å². The number of fused-ring (bicyclic) bond motifs is 2. The van der Waals surface area contributed by atoms with Gasteiger partial charge in [0, 0.05) is 24.5 Å². The number of aryl methyl sites for hydroxylation is 1. The molecule has 1 fully saturated rings. The quantitative estimate of drug-likeness (QED) is 0.577. The number of nitrogens with one attached hydrogen (secondary N) is 2. The Morgan fingerprint density at radius 2 is 1.86 bits per heavy atom. The Balaban J connectivity index is 1.75. The molecule has 0 atom stereocenters. The lowest BCUT2D eigenvalue weighted by Crippen LogP contribution is -2.28. The molecule has 28 heavy (non-hydrogen) atoms. The Hall–Kier alpha value is -3.41. The van der Waals surface area contributed by atoms with Crippen LogP contribution in [-0.2, 0) is 7.05 Å². The summed E-state index contributed by atoms with van der Waals surface area (Å²) in [6.07, 6.45) is 2.34. The molecule has 6 nitrogen and oxygen atoms in total. The van der Waals surface area contributed by atoms with Gasteiger partial charge in [-0.2, -0.15) is 0 Å². The van der Waals surface area contributed by atoms with Crippen molar-refractivity contribution in [2.24, 2.45) is 13.0 Å². The second-order valence-corrected chi connectivity index (χ2v) is 7.38. The van der Waals surface area contributed by atoms with Crippen LogP contribution >= 0.6 is 0 Å². The fourth-order valence-electron chi connectivity index (χ4n) is 3.75. The lowest BCUT2D eigenvalue weighted by atomic mass is 10.1. The average molecular weight is 372 g/mol. The fraction of sp³-hybridized carbons (Fsp3) is 0.227. The molecule has 2 N–H and O–H groups in total. The van der Waals surface area contributed by atoms with Crippen molar-refractivity contribution in [1.82, 2.24) is 19.9 Å². The van der Waals surface area contributed by atoms with Gasteiger partial charge in [-0.3, -0.25) is 9.59 Å². The molecule has 0 bridgehead atoms. The Morgan fingerprint density at radius 3 is 2.64 bits per heavy atom. The topological polar surface area (TPSA) is 79.8 Å². The molecule has 0 aliphatic heterocycles. The largest absolute Gasteiger partial charge is 0.350 e. The van der Waals surface area contributed by atoms with E-state index in [2.05, 4.69) is 15.3 Å². The van der Waals surface area contributed by atoms with Gasteiger partial charge in [0.2, 0.25) is 0 Å². The van der Waals surface area contributed by atoms with E-state index in [4.69, 9.17) is 0 Å². The number of aromatic nitrogens is 3. The number of amides is 1. The molecular formula is C22H20N4O2. The number of carbonyl (C=O) groups is 1. The second kappa shape index (κ2) is 6.34.